The summed E-state index contributed by atoms with van der Waals surface area (Å²) in [6.45, 7) is 0.0604. The summed E-state index contributed by atoms with van der Waals surface area (Å²) in [7, 11) is 0. The van der Waals surface area contributed by atoms with Gasteiger partial charge in [-0.3, -0.25) is 4.79 Å². The average Bonchev–Trinajstić information content (AvgIpc) is 3.02. The molecule has 1 N–H and O–H groups in total. The Morgan fingerprint density at radius 1 is 1.23 bits per heavy atom. The number of alkyl halides is 3. The van der Waals surface area contributed by atoms with Gasteiger partial charge in [0, 0.05) is 10.5 Å². The lowest BCUT2D eigenvalue weighted by molar-refractivity contribution is -0.174. The molecule has 0 bridgehead atoms. The highest BCUT2D eigenvalue weighted by Crippen LogP contribution is 2.18. The summed E-state index contributed by atoms with van der Waals surface area (Å²) >= 11 is 3.32. The molecule has 0 radical (unpaired) electrons. The smallest absolute Gasteiger partial charge is 0.411 e. The first-order valence-electron chi connectivity index (χ1n) is 7.65. The fourth-order valence-corrected chi connectivity index (χ4v) is 2.22. The number of nitrogens with one attached hydrogen (secondary N) is 1. The second kappa shape index (κ2) is 9.09. The minimum absolute atomic E-state index is 0.0436. The largest absolute Gasteiger partial charge is 0.486 e. The molecule has 1 heterocycles. The van der Waals surface area contributed by atoms with Crippen LogP contribution in [-0.4, -0.2) is 31.3 Å². The monoisotopic (exact) mass is 435 g/mol. The van der Waals surface area contributed by atoms with Gasteiger partial charge in [-0.15, -0.1) is 0 Å². The summed E-state index contributed by atoms with van der Waals surface area (Å²) in [5.41, 5.74) is 0. The predicted molar refractivity (Wildman–Crippen MR) is 91.0 cm³/mol. The van der Waals surface area contributed by atoms with Crippen molar-refractivity contribution >= 4 is 21.8 Å². The van der Waals surface area contributed by atoms with Crippen LogP contribution in [-0.2, 0) is 11.3 Å². The standard InChI is InChI=1S/C17H17BrF3NO4/c1-11(8-24-10-17(19,20)21)22-16(23)15-7-6-14(26-15)9-25-13-4-2-12(18)3-5-13/h2-7,11H,8-10H2,1H3,(H,22,23). The van der Waals surface area contributed by atoms with Crippen molar-refractivity contribution in [1.82, 2.24) is 5.32 Å². The Bertz CT molecular complexity index is 716. The molecule has 0 saturated heterocycles. The van der Waals surface area contributed by atoms with Gasteiger partial charge in [0.1, 0.15) is 24.7 Å². The number of benzene rings is 1. The maximum Gasteiger partial charge on any atom is 0.411 e. The van der Waals surface area contributed by atoms with E-state index in [1.54, 1.807) is 18.2 Å². The third kappa shape index (κ3) is 7.09. The van der Waals surface area contributed by atoms with Gasteiger partial charge in [-0.2, -0.15) is 13.2 Å². The van der Waals surface area contributed by atoms with Crippen molar-refractivity contribution in [1.29, 1.82) is 0 Å². The van der Waals surface area contributed by atoms with Crippen molar-refractivity contribution < 1.29 is 31.9 Å². The van der Waals surface area contributed by atoms with E-state index < -0.39 is 24.7 Å². The summed E-state index contributed by atoms with van der Waals surface area (Å²) in [5, 5.41) is 2.50. The molecular formula is C17H17BrF3NO4. The van der Waals surface area contributed by atoms with Crippen LogP contribution in [0.15, 0.2) is 45.3 Å². The van der Waals surface area contributed by atoms with Crippen molar-refractivity contribution in [3.8, 4) is 5.75 Å². The zero-order valence-electron chi connectivity index (χ0n) is 13.8. The molecule has 1 aromatic heterocycles. The first kappa shape index (κ1) is 20.3. The van der Waals surface area contributed by atoms with Crippen LogP contribution in [0.25, 0.3) is 0 Å². The quantitative estimate of drug-likeness (QED) is 0.670. The van der Waals surface area contributed by atoms with Gasteiger partial charge in [0.2, 0.25) is 0 Å². The van der Waals surface area contributed by atoms with Gasteiger partial charge in [-0.1, -0.05) is 15.9 Å². The molecule has 2 aromatic rings. The van der Waals surface area contributed by atoms with Crippen LogP contribution >= 0.6 is 15.9 Å². The molecular weight excluding hydrogens is 419 g/mol. The zero-order chi connectivity index (χ0) is 19.2. The number of carbonyl (C=O) groups excluding carboxylic acids is 1. The molecule has 0 spiro atoms. The predicted octanol–water partition coefficient (Wildman–Crippen LogP) is 4.32. The highest BCUT2D eigenvalue weighted by atomic mass is 79.9. The first-order valence-corrected chi connectivity index (χ1v) is 8.44. The number of carbonyl (C=O) groups is 1. The van der Waals surface area contributed by atoms with Crippen LogP contribution in [0.1, 0.15) is 23.2 Å². The van der Waals surface area contributed by atoms with Gasteiger partial charge in [0.05, 0.1) is 6.61 Å². The molecule has 26 heavy (non-hydrogen) atoms. The maximum absolute atomic E-state index is 12.0. The summed E-state index contributed by atoms with van der Waals surface area (Å²) in [6.07, 6.45) is -4.39. The zero-order valence-corrected chi connectivity index (χ0v) is 15.4. The normalized spacial score (nSPS) is 12.7. The SMILES string of the molecule is CC(COCC(F)(F)F)NC(=O)c1ccc(COc2ccc(Br)cc2)o1. The number of hydrogen-bond donors (Lipinski definition) is 1. The molecule has 0 aliphatic rings. The average molecular weight is 436 g/mol. The van der Waals surface area contributed by atoms with E-state index in [2.05, 4.69) is 26.0 Å². The van der Waals surface area contributed by atoms with Gasteiger partial charge >= 0.3 is 6.18 Å². The topological polar surface area (TPSA) is 60.7 Å². The molecule has 2 rings (SSSR count). The van der Waals surface area contributed by atoms with Crippen molar-refractivity contribution in [2.45, 2.75) is 25.7 Å². The molecule has 1 amide bonds. The fraction of sp³-hybridized carbons (Fsp3) is 0.353. The van der Waals surface area contributed by atoms with Crippen LogP contribution in [0.2, 0.25) is 0 Å². The van der Waals surface area contributed by atoms with Crippen LogP contribution in [0.4, 0.5) is 13.2 Å². The third-order valence-electron chi connectivity index (χ3n) is 3.09. The van der Waals surface area contributed by atoms with Crippen LogP contribution < -0.4 is 10.1 Å². The summed E-state index contributed by atoms with van der Waals surface area (Å²) in [5.74, 6) is 0.593. The van der Waals surface area contributed by atoms with E-state index in [9.17, 15) is 18.0 Å². The van der Waals surface area contributed by atoms with Crippen molar-refractivity contribution in [3.05, 3.63) is 52.4 Å². The summed E-state index contributed by atoms with van der Waals surface area (Å²) < 4.78 is 52.4. The fourth-order valence-electron chi connectivity index (χ4n) is 1.95. The summed E-state index contributed by atoms with van der Waals surface area (Å²) in [6, 6.07) is 9.69. The van der Waals surface area contributed by atoms with E-state index in [1.165, 1.54) is 13.0 Å². The van der Waals surface area contributed by atoms with Crippen LogP contribution in [0, 0.1) is 0 Å². The Morgan fingerprint density at radius 2 is 1.92 bits per heavy atom. The summed E-state index contributed by atoms with van der Waals surface area (Å²) in [4.78, 5) is 12.0. The molecule has 9 heteroatoms. The van der Waals surface area contributed by atoms with Gasteiger partial charge in [-0.05, 0) is 43.3 Å². The highest BCUT2D eigenvalue weighted by molar-refractivity contribution is 9.10. The number of ether oxygens (including phenoxy) is 2. The molecule has 0 fully saturated rings. The number of halogens is 4. The highest BCUT2D eigenvalue weighted by Gasteiger charge is 2.27. The van der Waals surface area contributed by atoms with E-state index >= 15 is 0 Å². The molecule has 0 saturated carbocycles. The van der Waals surface area contributed by atoms with Gasteiger partial charge in [-0.25, -0.2) is 0 Å². The molecule has 5 nitrogen and oxygen atoms in total. The lowest BCUT2D eigenvalue weighted by Crippen LogP contribution is -2.36. The second-order valence-corrected chi connectivity index (χ2v) is 6.43. The molecule has 1 unspecified atom stereocenters. The minimum atomic E-state index is -4.39. The van der Waals surface area contributed by atoms with E-state index in [-0.39, 0.29) is 19.0 Å². The molecule has 1 aromatic carbocycles. The Morgan fingerprint density at radius 3 is 2.58 bits per heavy atom. The lowest BCUT2D eigenvalue weighted by Gasteiger charge is -2.14. The van der Waals surface area contributed by atoms with Crippen molar-refractivity contribution in [3.63, 3.8) is 0 Å². The molecule has 0 aliphatic carbocycles. The Kier molecular flexibility index (Phi) is 7.10. The molecule has 1 atom stereocenters. The van der Waals surface area contributed by atoms with Gasteiger partial charge < -0.3 is 19.2 Å². The number of rotatable bonds is 8. The van der Waals surface area contributed by atoms with Gasteiger partial charge in [0.25, 0.3) is 5.91 Å². The Hall–Kier alpha value is -2.00. The Labute approximate surface area is 156 Å². The number of amides is 1. The van der Waals surface area contributed by atoms with Crippen LogP contribution in [0.3, 0.4) is 0 Å². The minimum Gasteiger partial charge on any atom is -0.486 e. The van der Waals surface area contributed by atoms with E-state index in [0.29, 0.717) is 11.5 Å². The first-order chi connectivity index (χ1) is 12.2. The number of furan rings is 1. The van der Waals surface area contributed by atoms with Crippen LogP contribution in [0.5, 0.6) is 5.75 Å². The molecule has 0 aliphatic heterocycles. The second-order valence-electron chi connectivity index (χ2n) is 5.51. The van der Waals surface area contributed by atoms with Gasteiger partial charge in [0.15, 0.2) is 5.76 Å². The Balaban J connectivity index is 1.78. The lowest BCUT2D eigenvalue weighted by atomic mass is 10.3. The van der Waals surface area contributed by atoms with Crippen molar-refractivity contribution in [2.75, 3.05) is 13.2 Å². The van der Waals surface area contributed by atoms with Crippen molar-refractivity contribution in [2.24, 2.45) is 0 Å². The van der Waals surface area contributed by atoms with E-state index in [4.69, 9.17) is 9.15 Å². The maximum atomic E-state index is 12.0. The molecule has 142 valence electrons. The van der Waals surface area contributed by atoms with E-state index in [0.717, 1.165) is 4.47 Å². The number of hydrogen-bond acceptors (Lipinski definition) is 4. The van der Waals surface area contributed by atoms with E-state index in [1.807, 2.05) is 12.1 Å². The third-order valence-corrected chi connectivity index (χ3v) is 3.62.